The number of nitrogens with one attached hydrogen (secondary N) is 2. The summed E-state index contributed by atoms with van der Waals surface area (Å²) in [7, 11) is 0. The van der Waals surface area contributed by atoms with E-state index in [1.54, 1.807) is 12.1 Å². The number of halogens is 1. The van der Waals surface area contributed by atoms with Crippen LogP contribution in [0.1, 0.15) is 43.7 Å². The zero-order valence-corrected chi connectivity index (χ0v) is 15.1. The van der Waals surface area contributed by atoms with Gasteiger partial charge in [0.05, 0.1) is 18.2 Å². The molecule has 6 heteroatoms. The maximum Gasteiger partial charge on any atom is 0.191 e. The number of nitriles is 1. The lowest BCUT2D eigenvalue weighted by atomic mass is 9.95. The Bertz CT molecular complexity index is 612. The second kappa shape index (κ2) is 9.53. The van der Waals surface area contributed by atoms with Gasteiger partial charge in [-0.1, -0.05) is 12.5 Å². The van der Waals surface area contributed by atoms with Gasteiger partial charge in [-0.15, -0.1) is 0 Å². The van der Waals surface area contributed by atoms with E-state index in [4.69, 9.17) is 5.26 Å². The van der Waals surface area contributed by atoms with E-state index in [0.29, 0.717) is 22.4 Å². The average molecular weight is 348 g/mol. The van der Waals surface area contributed by atoms with Gasteiger partial charge >= 0.3 is 0 Å². The normalized spacial score (nSPS) is 21.2. The summed E-state index contributed by atoms with van der Waals surface area (Å²) in [5.74, 6) is 0.349. The summed E-state index contributed by atoms with van der Waals surface area (Å²) < 4.78 is 14.0. The van der Waals surface area contributed by atoms with Crippen LogP contribution in [0, 0.1) is 17.1 Å². The lowest BCUT2D eigenvalue weighted by molar-refractivity contribution is 0.419. The third kappa shape index (κ3) is 5.41. The third-order valence-corrected chi connectivity index (χ3v) is 5.33. The molecule has 1 aromatic rings. The van der Waals surface area contributed by atoms with E-state index >= 15 is 0 Å². The fraction of sp³-hybridized carbons (Fsp3) is 0.556. The van der Waals surface area contributed by atoms with Crippen molar-refractivity contribution in [1.29, 1.82) is 5.26 Å². The first kappa shape index (κ1) is 18.6. The number of aliphatic imine (C=N–C) groups is 1. The molecule has 0 heterocycles. The van der Waals surface area contributed by atoms with E-state index in [9.17, 15) is 4.39 Å². The van der Waals surface area contributed by atoms with Gasteiger partial charge in [0.15, 0.2) is 5.96 Å². The van der Waals surface area contributed by atoms with Crippen LogP contribution in [-0.2, 0) is 6.54 Å². The Morgan fingerprint density at radius 3 is 2.96 bits per heavy atom. The van der Waals surface area contributed by atoms with Crippen molar-refractivity contribution in [2.45, 2.75) is 50.4 Å². The van der Waals surface area contributed by atoms with Gasteiger partial charge < -0.3 is 10.6 Å². The molecule has 0 radical (unpaired) electrons. The van der Waals surface area contributed by atoms with Crippen molar-refractivity contribution in [2.24, 2.45) is 4.99 Å². The number of thioether (sulfide) groups is 1. The molecule has 0 aromatic heterocycles. The predicted molar refractivity (Wildman–Crippen MR) is 98.6 cm³/mol. The Hall–Kier alpha value is -1.74. The Morgan fingerprint density at radius 1 is 1.46 bits per heavy atom. The highest BCUT2D eigenvalue weighted by molar-refractivity contribution is 7.99. The monoisotopic (exact) mass is 348 g/mol. The van der Waals surface area contributed by atoms with Crippen molar-refractivity contribution in [3.63, 3.8) is 0 Å². The standard InChI is InChI=1S/C18H25FN4S/c1-3-21-18(23-15-5-4-6-16(10-15)24-2)22-12-14-8-7-13(11-20)9-17(14)19/h7-9,15-16H,3-6,10,12H2,1-2H3,(H2,21,22,23). The van der Waals surface area contributed by atoms with Crippen LogP contribution in [0.15, 0.2) is 23.2 Å². The van der Waals surface area contributed by atoms with Crippen LogP contribution in [0.5, 0.6) is 0 Å². The first-order valence-corrected chi connectivity index (χ1v) is 9.71. The molecule has 1 aliphatic rings. The van der Waals surface area contributed by atoms with Gasteiger partial charge in [-0.3, -0.25) is 0 Å². The van der Waals surface area contributed by atoms with Crippen LogP contribution in [0.25, 0.3) is 0 Å². The molecule has 0 spiro atoms. The average Bonchev–Trinajstić information content (AvgIpc) is 2.60. The molecule has 2 unspecified atom stereocenters. The van der Waals surface area contributed by atoms with Crippen molar-refractivity contribution >= 4 is 17.7 Å². The van der Waals surface area contributed by atoms with E-state index in [0.717, 1.165) is 25.3 Å². The van der Waals surface area contributed by atoms with Gasteiger partial charge in [0.25, 0.3) is 0 Å². The molecule has 24 heavy (non-hydrogen) atoms. The minimum Gasteiger partial charge on any atom is -0.357 e. The van der Waals surface area contributed by atoms with Crippen molar-refractivity contribution in [3.8, 4) is 6.07 Å². The maximum atomic E-state index is 14.0. The van der Waals surface area contributed by atoms with E-state index < -0.39 is 0 Å². The number of rotatable bonds is 5. The largest absolute Gasteiger partial charge is 0.357 e. The molecule has 2 N–H and O–H groups in total. The second-order valence-electron chi connectivity index (χ2n) is 5.98. The fourth-order valence-corrected chi connectivity index (χ4v) is 3.74. The van der Waals surface area contributed by atoms with E-state index in [1.165, 1.54) is 18.9 Å². The highest BCUT2D eigenvalue weighted by atomic mass is 32.2. The third-order valence-electron chi connectivity index (χ3n) is 4.23. The highest BCUT2D eigenvalue weighted by Gasteiger charge is 2.21. The number of hydrogen-bond donors (Lipinski definition) is 2. The molecule has 2 rings (SSSR count). The summed E-state index contributed by atoms with van der Waals surface area (Å²) in [6.45, 7) is 3.04. The Morgan fingerprint density at radius 2 is 2.29 bits per heavy atom. The molecule has 0 aliphatic heterocycles. The van der Waals surface area contributed by atoms with Crippen molar-refractivity contribution in [3.05, 3.63) is 35.1 Å². The van der Waals surface area contributed by atoms with Gasteiger partial charge in [-0.25, -0.2) is 9.38 Å². The molecule has 1 fully saturated rings. The minimum atomic E-state index is -0.381. The Balaban J connectivity index is 2.01. The number of guanidine groups is 1. The van der Waals surface area contributed by atoms with E-state index in [2.05, 4.69) is 21.9 Å². The molecule has 0 bridgehead atoms. The van der Waals surface area contributed by atoms with Crippen molar-refractivity contribution < 1.29 is 4.39 Å². The zero-order chi connectivity index (χ0) is 17.4. The number of benzene rings is 1. The molecule has 0 amide bonds. The van der Waals surface area contributed by atoms with Crippen molar-refractivity contribution in [1.82, 2.24) is 10.6 Å². The summed E-state index contributed by atoms with van der Waals surface area (Å²) in [6, 6.07) is 6.87. The fourth-order valence-electron chi connectivity index (χ4n) is 2.91. The van der Waals surface area contributed by atoms with Crippen LogP contribution in [0.2, 0.25) is 0 Å². The molecule has 1 aliphatic carbocycles. The molecule has 1 saturated carbocycles. The topological polar surface area (TPSA) is 60.2 Å². The van der Waals surface area contributed by atoms with Gasteiger partial charge in [0.2, 0.25) is 0 Å². The molecule has 2 atom stereocenters. The lowest BCUT2D eigenvalue weighted by Gasteiger charge is -2.29. The van der Waals surface area contributed by atoms with Gasteiger partial charge in [0.1, 0.15) is 5.82 Å². The van der Waals surface area contributed by atoms with Gasteiger partial charge in [-0.2, -0.15) is 17.0 Å². The molecule has 1 aromatic carbocycles. The summed E-state index contributed by atoms with van der Waals surface area (Å²) in [6.07, 6.45) is 6.96. The molecular formula is C18H25FN4S. The quantitative estimate of drug-likeness (QED) is 0.632. The van der Waals surface area contributed by atoms with E-state index in [1.807, 2.05) is 24.8 Å². The summed E-state index contributed by atoms with van der Waals surface area (Å²) in [5.41, 5.74) is 0.826. The van der Waals surface area contributed by atoms with Gasteiger partial charge in [-0.05, 0) is 44.6 Å². The van der Waals surface area contributed by atoms with Crippen LogP contribution >= 0.6 is 11.8 Å². The number of hydrogen-bond acceptors (Lipinski definition) is 3. The second-order valence-corrected chi connectivity index (χ2v) is 7.12. The Kier molecular flexibility index (Phi) is 7.38. The SMILES string of the molecule is CCNC(=NCc1ccc(C#N)cc1F)NC1CCCC(SC)C1. The summed E-state index contributed by atoms with van der Waals surface area (Å²) in [4.78, 5) is 4.51. The zero-order valence-electron chi connectivity index (χ0n) is 14.3. The van der Waals surface area contributed by atoms with Crippen LogP contribution < -0.4 is 10.6 Å². The smallest absolute Gasteiger partial charge is 0.191 e. The van der Waals surface area contributed by atoms with Gasteiger partial charge in [0, 0.05) is 23.4 Å². The highest BCUT2D eigenvalue weighted by Crippen LogP contribution is 2.26. The van der Waals surface area contributed by atoms with Crippen LogP contribution in [0.4, 0.5) is 4.39 Å². The first-order chi connectivity index (χ1) is 11.7. The molecule has 4 nitrogen and oxygen atoms in total. The van der Waals surface area contributed by atoms with Crippen molar-refractivity contribution in [2.75, 3.05) is 12.8 Å². The van der Waals surface area contributed by atoms with Crippen LogP contribution in [-0.4, -0.2) is 30.1 Å². The predicted octanol–water partition coefficient (Wildman–Crippen LogP) is 3.43. The van der Waals surface area contributed by atoms with E-state index in [-0.39, 0.29) is 12.4 Å². The van der Waals surface area contributed by atoms with Crippen LogP contribution in [0.3, 0.4) is 0 Å². The Labute approximate surface area is 147 Å². The number of nitrogens with zero attached hydrogens (tertiary/aromatic N) is 2. The lowest BCUT2D eigenvalue weighted by Crippen LogP contribution is -2.45. The summed E-state index contributed by atoms with van der Waals surface area (Å²) in [5, 5.41) is 16.2. The molecular weight excluding hydrogens is 323 g/mol. The minimum absolute atomic E-state index is 0.256. The molecule has 0 saturated heterocycles. The first-order valence-electron chi connectivity index (χ1n) is 8.42. The molecule has 130 valence electrons. The summed E-state index contributed by atoms with van der Waals surface area (Å²) >= 11 is 1.93. The maximum absolute atomic E-state index is 14.0.